The molecule has 1 aliphatic heterocycles. The van der Waals surface area contributed by atoms with Crippen LogP contribution < -0.4 is 4.90 Å². The number of nitrogens with zero attached hydrogens (tertiary/aromatic N) is 1. The molecule has 122 valence electrons. The van der Waals surface area contributed by atoms with Gasteiger partial charge in [0.15, 0.2) is 0 Å². The highest BCUT2D eigenvalue weighted by atomic mass is 16.5. The van der Waals surface area contributed by atoms with E-state index in [2.05, 4.69) is 6.92 Å². The van der Waals surface area contributed by atoms with E-state index in [4.69, 9.17) is 9.72 Å². The van der Waals surface area contributed by atoms with Gasteiger partial charge in [0.1, 0.15) is 12.2 Å². The number of aryl methyl sites for hydroxylation is 1. The maximum Gasteiger partial charge on any atom is 0.340 e. The van der Waals surface area contributed by atoms with Crippen LogP contribution in [0.3, 0.4) is 0 Å². The number of quaternary nitrogens is 1. The molecule has 1 N–H and O–H groups in total. The molecule has 1 fully saturated rings. The average Bonchev–Trinajstić information content (AvgIpc) is 2.57. The average molecular weight is 313 g/mol. The lowest BCUT2D eigenvalue weighted by molar-refractivity contribution is -0.942. The van der Waals surface area contributed by atoms with Crippen molar-refractivity contribution >= 4 is 16.9 Å². The highest BCUT2D eigenvalue weighted by molar-refractivity contribution is 5.98. The number of methoxy groups -OCH3 is 1. The highest BCUT2D eigenvalue weighted by Gasteiger charge is 2.27. The predicted molar refractivity (Wildman–Crippen MR) is 90.7 cm³/mol. The maximum atomic E-state index is 12.4. The van der Waals surface area contributed by atoms with Gasteiger partial charge in [0.2, 0.25) is 0 Å². The summed E-state index contributed by atoms with van der Waals surface area (Å²) in [5, 5.41) is 1.03. The van der Waals surface area contributed by atoms with E-state index < -0.39 is 0 Å². The summed E-state index contributed by atoms with van der Waals surface area (Å²) in [7, 11) is 1.44. The lowest BCUT2D eigenvalue weighted by Gasteiger charge is -2.30. The Kier molecular flexibility index (Phi) is 4.62. The number of piperidine rings is 1. The SMILES string of the molecule is COC(=O)c1c(C[NH+]2CCCC[C@@H]2C)nc2ccccc2c1C. The molecular formula is C19H25N2O2+. The van der Waals surface area contributed by atoms with Crippen LogP contribution in [0.4, 0.5) is 0 Å². The standard InChI is InChI=1S/C19H24N2O2/c1-13-8-6-7-11-21(13)12-17-18(19(22)23-3)14(2)15-9-4-5-10-16(15)20-17/h4-5,9-10,13H,6-8,11-12H2,1-3H3/p+1/t13-/m0/s1. The van der Waals surface area contributed by atoms with Gasteiger partial charge < -0.3 is 9.64 Å². The third kappa shape index (κ3) is 3.08. The van der Waals surface area contributed by atoms with Gasteiger partial charge in [-0.2, -0.15) is 0 Å². The maximum absolute atomic E-state index is 12.4. The van der Waals surface area contributed by atoms with Gasteiger partial charge >= 0.3 is 5.97 Å². The van der Waals surface area contributed by atoms with Gasteiger partial charge in [-0.25, -0.2) is 9.78 Å². The van der Waals surface area contributed by atoms with Crippen molar-refractivity contribution < 1.29 is 14.4 Å². The van der Waals surface area contributed by atoms with Crippen molar-refractivity contribution in [3.8, 4) is 0 Å². The van der Waals surface area contributed by atoms with Gasteiger partial charge in [0, 0.05) is 5.39 Å². The van der Waals surface area contributed by atoms with Crippen LogP contribution in [0.5, 0.6) is 0 Å². The summed E-state index contributed by atoms with van der Waals surface area (Å²) in [4.78, 5) is 18.7. The summed E-state index contributed by atoms with van der Waals surface area (Å²) in [5.41, 5.74) is 3.45. The Morgan fingerprint density at radius 1 is 1.35 bits per heavy atom. The van der Waals surface area contributed by atoms with Gasteiger partial charge in [-0.1, -0.05) is 18.2 Å². The second kappa shape index (κ2) is 6.67. The summed E-state index contributed by atoms with van der Waals surface area (Å²) in [6.07, 6.45) is 3.80. The molecular weight excluding hydrogens is 288 g/mol. The largest absolute Gasteiger partial charge is 0.465 e. The molecule has 1 aromatic heterocycles. The highest BCUT2D eigenvalue weighted by Crippen LogP contribution is 2.23. The Bertz CT molecular complexity index is 727. The van der Waals surface area contributed by atoms with E-state index in [-0.39, 0.29) is 5.97 Å². The Labute approximate surface area is 137 Å². The van der Waals surface area contributed by atoms with E-state index in [0.717, 1.165) is 35.2 Å². The summed E-state index contributed by atoms with van der Waals surface area (Å²) in [6.45, 7) is 6.22. The number of fused-ring (bicyclic) bond motifs is 1. The van der Waals surface area contributed by atoms with Crippen LogP contribution in [0.25, 0.3) is 10.9 Å². The quantitative estimate of drug-likeness (QED) is 0.884. The van der Waals surface area contributed by atoms with Crippen molar-refractivity contribution in [1.82, 2.24) is 4.98 Å². The number of benzene rings is 1. The third-order valence-electron chi connectivity index (χ3n) is 5.09. The van der Waals surface area contributed by atoms with Gasteiger partial charge in [-0.15, -0.1) is 0 Å². The number of rotatable bonds is 3. The molecule has 0 radical (unpaired) electrons. The van der Waals surface area contributed by atoms with Crippen LogP contribution in [0, 0.1) is 6.92 Å². The zero-order valence-electron chi connectivity index (χ0n) is 14.2. The first kappa shape index (κ1) is 15.9. The Balaban J connectivity index is 2.08. The Morgan fingerprint density at radius 3 is 2.87 bits per heavy atom. The Morgan fingerprint density at radius 2 is 2.13 bits per heavy atom. The zero-order chi connectivity index (χ0) is 16.4. The molecule has 0 bridgehead atoms. The normalized spacial score (nSPS) is 21.3. The van der Waals surface area contributed by atoms with Gasteiger partial charge in [-0.3, -0.25) is 0 Å². The molecule has 3 rings (SSSR count). The van der Waals surface area contributed by atoms with Crippen molar-refractivity contribution in [1.29, 1.82) is 0 Å². The number of para-hydroxylation sites is 1. The van der Waals surface area contributed by atoms with Gasteiger partial charge in [-0.05, 0) is 44.7 Å². The second-order valence-electron chi connectivity index (χ2n) is 6.55. The number of nitrogens with one attached hydrogen (secondary N) is 1. The molecule has 2 atom stereocenters. The fraction of sp³-hybridized carbons (Fsp3) is 0.474. The Hall–Kier alpha value is -1.94. The molecule has 2 heterocycles. The van der Waals surface area contributed by atoms with E-state index in [1.54, 1.807) is 0 Å². The molecule has 2 aromatic rings. The first-order valence-corrected chi connectivity index (χ1v) is 8.43. The predicted octanol–water partition coefficient (Wildman–Crippen LogP) is 2.29. The summed E-state index contributed by atoms with van der Waals surface area (Å²) < 4.78 is 5.03. The van der Waals surface area contributed by atoms with E-state index >= 15 is 0 Å². The van der Waals surface area contributed by atoms with Crippen LogP contribution in [-0.2, 0) is 11.3 Å². The molecule has 0 spiro atoms. The molecule has 0 aliphatic carbocycles. The fourth-order valence-electron chi connectivity index (χ4n) is 3.67. The van der Waals surface area contributed by atoms with Crippen molar-refractivity contribution in [2.24, 2.45) is 0 Å². The molecule has 1 aromatic carbocycles. The second-order valence-corrected chi connectivity index (χ2v) is 6.55. The number of ether oxygens (including phenoxy) is 1. The number of carbonyl (C=O) groups is 1. The summed E-state index contributed by atoms with van der Waals surface area (Å²) in [6, 6.07) is 8.62. The first-order valence-electron chi connectivity index (χ1n) is 8.43. The van der Waals surface area contributed by atoms with Crippen LogP contribution in [0.15, 0.2) is 24.3 Å². The van der Waals surface area contributed by atoms with Crippen LogP contribution in [0.1, 0.15) is 47.8 Å². The van der Waals surface area contributed by atoms with Crippen molar-refractivity contribution in [3.63, 3.8) is 0 Å². The number of aromatic nitrogens is 1. The van der Waals surface area contributed by atoms with E-state index in [1.165, 1.54) is 31.3 Å². The summed E-state index contributed by atoms with van der Waals surface area (Å²) >= 11 is 0. The minimum Gasteiger partial charge on any atom is -0.465 e. The minimum absolute atomic E-state index is 0.278. The van der Waals surface area contributed by atoms with Crippen molar-refractivity contribution in [3.05, 3.63) is 41.1 Å². The molecule has 0 amide bonds. The number of carbonyl (C=O) groups excluding carboxylic acids is 1. The topological polar surface area (TPSA) is 43.6 Å². The van der Waals surface area contributed by atoms with Gasteiger partial charge in [0.05, 0.1) is 30.8 Å². The van der Waals surface area contributed by atoms with E-state index in [0.29, 0.717) is 11.6 Å². The molecule has 4 nitrogen and oxygen atoms in total. The molecule has 1 aliphatic rings. The van der Waals surface area contributed by atoms with Crippen LogP contribution in [-0.4, -0.2) is 30.6 Å². The van der Waals surface area contributed by atoms with Gasteiger partial charge in [0.25, 0.3) is 0 Å². The molecule has 1 saturated heterocycles. The van der Waals surface area contributed by atoms with E-state index in [1.807, 2.05) is 31.2 Å². The first-order chi connectivity index (χ1) is 11.1. The number of hydrogen-bond donors (Lipinski definition) is 1. The lowest BCUT2D eigenvalue weighted by atomic mass is 9.99. The van der Waals surface area contributed by atoms with Crippen molar-refractivity contribution in [2.45, 2.75) is 45.7 Å². The number of hydrogen-bond acceptors (Lipinski definition) is 3. The third-order valence-corrected chi connectivity index (χ3v) is 5.09. The van der Waals surface area contributed by atoms with E-state index in [9.17, 15) is 4.79 Å². The molecule has 4 heteroatoms. The monoisotopic (exact) mass is 313 g/mol. The smallest absolute Gasteiger partial charge is 0.340 e. The minimum atomic E-state index is -0.278. The number of esters is 1. The zero-order valence-corrected chi connectivity index (χ0v) is 14.2. The van der Waals surface area contributed by atoms with Crippen molar-refractivity contribution in [2.75, 3.05) is 13.7 Å². The number of likely N-dealkylation sites (tertiary alicyclic amines) is 1. The lowest BCUT2D eigenvalue weighted by Crippen LogP contribution is -3.15. The number of pyridine rings is 1. The molecule has 1 unspecified atom stereocenters. The molecule has 23 heavy (non-hydrogen) atoms. The summed E-state index contributed by atoms with van der Waals surface area (Å²) in [5.74, 6) is -0.278. The van der Waals surface area contributed by atoms with Crippen LogP contribution in [0.2, 0.25) is 0 Å². The molecule has 0 saturated carbocycles. The van der Waals surface area contributed by atoms with Crippen LogP contribution >= 0.6 is 0 Å². The fourth-order valence-corrected chi connectivity index (χ4v) is 3.67.